The van der Waals surface area contributed by atoms with Crippen molar-refractivity contribution in [1.82, 2.24) is 5.32 Å². The first kappa shape index (κ1) is 30.5. The highest BCUT2D eigenvalue weighted by atomic mass is 35.5. The quantitative estimate of drug-likeness (QED) is 0.315. The summed E-state index contributed by atoms with van der Waals surface area (Å²) in [5.41, 5.74) is 4.88. The lowest BCUT2D eigenvalue weighted by atomic mass is 9.83. The molecule has 0 aromatic heterocycles. The van der Waals surface area contributed by atoms with Gasteiger partial charge in [-0.1, -0.05) is 36.6 Å². The van der Waals surface area contributed by atoms with E-state index in [0.717, 1.165) is 25.0 Å². The molecular formula is C27H27ClF6N4O3. The van der Waals surface area contributed by atoms with Crippen molar-refractivity contribution < 1.29 is 40.7 Å². The number of amides is 3. The highest BCUT2D eigenvalue weighted by Gasteiger charge is 2.41. The summed E-state index contributed by atoms with van der Waals surface area (Å²) in [6.45, 7) is -0.387. The van der Waals surface area contributed by atoms with Crippen molar-refractivity contribution in [2.45, 2.75) is 50.5 Å². The van der Waals surface area contributed by atoms with Crippen LogP contribution in [-0.4, -0.2) is 36.5 Å². The largest absolute Gasteiger partial charge is 0.416 e. The van der Waals surface area contributed by atoms with Crippen molar-refractivity contribution in [3.05, 3.63) is 53.1 Å². The average Bonchev–Trinajstić information content (AvgIpc) is 3.71. The number of nitrogens with zero attached hydrogens (tertiary/aromatic N) is 1. The zero-order chi connectivity index (χ0) is 30.1. The molecule has 2 aromatic rings. The zero-order valence-electron chi connectivity index (χ0n) is 21.5. The molecule has 2 aromatic carbocycles. The molecule has 14 heteroatoms. The second-order valence-electron chi connectivity index (χ2n) is 10.3. The fourth-order valence-electron chi connectivity index (χ4n) is 4.95. The lowest BCUT2D eigenvalue weighted by Gasteiger charge is -2.30. The Hall–Kier alpha value is -3.48. The van der Waals surface area contributed by atoms with E-state index < -0.39 is 66.4 Å². The number of primary amides is 1. The smallest absolute Gasteiger partial charge is 0.369 e. The Balaban J connectivity index is 1.67. The number of benzene rings is 2. The summed E-state index contributed by atoms with van der Waals surface area (Å²) in [5.74, 6) is -5.31. The fourth-order valence-corrected chi connectivity index (χ4v) is 5.16. The number of hydrogen-bond donors (Lipinski definition) is 3. The predicted molar refractivity (Wildman–Crippen MR) is 139 cm³/mol. The number of para-hydroxylation sites is 1. The van der Waals surface area contributed by atoms with Crippen molar-refractivity contribution in [1.29, 1.82) is 0 Å². The first-order valence-electron chi connectivity index (χ1n) is 12.8. The van der Waals surface area contributed by atoms with E-state index in [0.29, 0.717) is 0 Å². The third kappa shape index (κ3) is 7.63. The second-order valence-corrected chi connectivity index (χ2v) is 10.7. The molecule has 1 saturated carbocycles. The Kier molecular flexibility index (Phi) is 8.76. The Morgan fingerprint density at radius 3 is 2.37 bits per heavy atom. The number of halogens is 7. The molecule has 4 N–H and O–H groups in total. The van der Waals surface area contributed by atoms with Crippen LogP contribution in [0.5, 0.6) is 0 Å². The number of hydrogen-bond acceptors (Lipinski definition) is 4. The lowest BCUT2D eigenvalue weighted by molar-refractivity contribution is -0.146. The van der Waals surface area contributed by atoms with Gasteiger partial charge >= 0.3 is 12.4 Å². The predicted octanol–water partition coefficient (Wildman–Crippen LogP) is 5.79. The minimum Gasteiger partial charge on any atom is -0.369 e. The molecule has 222 valence electrons. The third-order valence-electron chi connectivity index (χ3n) is 7.22. The average molecular weight is 605 g/mol. The maximum atomic E-state index is 13.5. The number of rotatable bonds is 9. The van der Waals surface area contributed by atoms with Gasteiger partial charge in [0.05, 0.1) is 28.5 Å². The first-order chi connectivity index (χ1) is 19.1. The van der Waals surface area contributed by atoms with Gasteiger partial charge < -0.3 is 21.3 Å². The highest BCUT2D eigenvalue weighted by Crippen LogP contribution is 2.42. The van der Waals surface area contributed by atoms with E-state index in [4.69, 9.17) is 17.3 Å². The molecule has 7 nitrogen and oxygen atoms in total. The van der Waals surface area contributed by atoms with Crippen molar-refractivity contribution in [2.24, 2.45) is 23.5 Å². The normalized spacial score (nSPS) is 19.0. The Morgan fingerprint density at radius 1 is 1.07 bits per heavy atom. The van der Waals surface area contributed by atoms with Crippen molar-refractivity contribution >= 4 is 46.4 Å². The summed E-state index contributed by atoms with van der Waals surface area (Å²) in [4.78, 5) is 40.3. The van der Waals surface area contributed by atoms with Gasteiger partial charge in [-0.25, -0.2) is 0 Å². The zero-order valence-corrected chi connectivity index (χ0v) is 22.2. The molecule has 3 amide bonds. The van der Waals surface area contributed by atoms with Crippen LogP contribution in [0.4, 0.5) is 43.4 Å². The number of carbonyl (C=O) groups is 3. The molecule has 1 aliphatic carbocycles. The summed E-state index contributed by atoms with van der Waals surface area (Å²) in [5, 5.41) is 5.07. The highest BCUT2D eigenvalue weighted by molar-refractivity contribution is 6.34. The number of fused-ring (bicyclic) bond motifs is 1. The molecule has 0 spiro atoms. The molecule has 4 rings (SSSR count). The number of nitrogens with one attached hydrogen (secondary N) is 2. The van der Waals surface area contributed by atoms with Crippen molar-refractivity contribution in [2.75, 3.05) is 16.8 Å². The summed E-state index contributed by atoms with van der Waals surface area (Å²) in [6.07, 6.45) is -9.71. The standard InChI is InChI=1S/C27H27ClF6N4O3/c28-19-5-2-6-21-22(19)37-25(41)20(13-38(21)16-4-1-3-15(12-16)27(32,33)34)36-24(40)17(9-10-26(29,30)31)18(23(35)39)11-14-7-8-14/h1-6,12,14,17-18,20H,7-11,13H2,(H2,35,39)(H,36,40)(H,37,41)/t17?,18?,20-/m0/s1. The van der Waals surface area contributed by atoms with Crippen LogP contribution in [0.3, 0.4) is 0 Å². The van der Waals surface area contributed by atoms with Gasteiger partial charge in [0.15, 0.2) is 0 Å². The molecule has 0 saturated heterocycles. The maximum absolute atomic E-state index is 13.5. The van der Waals surface area contributed by atoms with Gasteiger partial charge in [-0.15, -0.1) is 0 Å². The van der Waals surface area contributed by atoms with Gasteiger partial charge in [-0.2, -0.15) is 26.3 Å². The molecule has 1 fully saturated rings. The topological polar surface area (TPSA) is 105 Å². The summed E-state index contributed by atoms with van der Waals surface area (Å²) in [7, 11) is 0. The molecule has 41 heavy (non-hydrogen) atoms. The number of nitrogens with two attached hydrogens (primary N) is 1. The van der Waals surface area contributed by atoms with Gasteiger partial charge in [0.25, 0.3) is 0 Å². The minimum atomic E-state index is -4.67. The van der Waals surface area contributed by atoms with E-state index in [2.05, 4.69) is 10.6 Å². The van der Waals surface area contributed by atoms with Crippen LogP contribution in [0.25, 0.3) is 0 Å². The molecule has 2 unspecified atom stereocenters. The van der Waals surface area contributed by atoms with Gasteiger partial charge in [0, 0.05) is 23.9 Å². The van der Waals surface area contributed by atoms with E-state index in [9.17, 15) is 40.7 Å². The van der Waals surface area contributed by atoms with Gasteiger partial charge in [0.2, 0.25) is 17.7 Å². The molecule has 0 bridgehead atoms. The van der Waals surface area contributed by atoms with E-state index >= 15 is 0 Å². The molecule has 1 aliphatic heterocycles. The molecule has 0 radical (unpaired) electrons. The second kappa shape index (κ2) is 11.8. The monoisotopic (exact) mass is 604 g/mol. The van der Waals surface area contributed by atoms with Crippen molar-refractivity contribution in [3.63, 3.8) is 0 Å². The Bertz CT molecular complexity index is 1310. The molecule has 1 heterocycles. The van der Waals surface area contributed by atoms with E-state index in [1.807, 2.05) is 0 Å². The summed E-state index contributed by atoms with van der Waals surface area (Å²) in [6, 6.07) is 7.34. The maximum Gasteiger partial charge on any atom is 0.416 e. The van der Waals surface area contributed by atoms with Gasteiger partial charge in [0.1, 0.15) is 6.04 Å². The molecular weight excluding hydrogens is 578 g/mol. The Labute approximate surface area is 236 Å². The van der Waals surface area contributed by atoms with E-state index in [1.54, 1.807) is 0 Å². The minimum absolute atomic E-state index is 0.0245. The van der Waals surface area contributed by atoms with Crippen molar-refractivity contribution in [3.8, 4) is 0 Å². The summed E-state index contributed by atoms with van der Waals surface area (Å²) < 4.78 is 79.8. The summed E-state index contributed by atoms with van der Waals surface area (Å²) >= 11 is 6.29. The van der Waals surface area contributed by atoms with E-state index in [1.165, 1.54) is 35.2 Å². The Morgan fingerprint density at radius 2 is 1.76 bits per heavy atom. The third-order valence-corrected chi connectivity index (χ3v) is 7.54. The number of anilines is 3. The number of carbonyl (C=O) groups excluding carboxylic acids is 3. The molecule has 2 aliphatic rings. The van der Waals surface area contributed by atoms with Crippen LogP contribution in [0, 0.1) is 17.8 Å². The van der Waals surface area contributed by atoms with Crippen LogP contribution in [0.2, 0.25) is 5.02 Å². The lowest BCUT2D eigenvalue weighted by Crippen LogP contribution is -2.52. The fraction of sp³-hybridized carbons (Fsp3) is 0.444. The SMILES string of the molecule is NC(=O)C(CC1CC1)C(CCC(F)(F)F)C(=O)N[C@H]1CN(c2cccc(C(F)(F)F)c2)c2cccc(Cl)c2NC1=O. The van der Waals surface area contributed by atoms with Crippen LogP contribution < -0.4 is 21.3 Å². The van der Waals surface area contributed by atoms with Crippen LogP contribution in [0.15, 0.2) is 42.5 Å². The van der Waals surface area contributed by atoms with Crippen LogP contribution in [0.1, 0.15) is 37.7 Å². The van der Waals surface area contributed by atoms with E-state index in [-0.39, 0.29) is 41.0 Å². The van der Waals surface area contributed by atoms with Crippen LogP contribution >= 0.6 is 11.6 Å². The number of alkyl halides is 6. The van der Waals surface area contributed by atoms with Gasteiger partial charge in [-0.3, -0.25) is 14.4 Å². The van der Waals surface area contributed by atoms with Gasteiger partial charge in [-0.05, 0) is 49.1 Å². The molecule has 3 atom stereocenters. The van der Waals surface area contributed by atoms with Crippen LogP contribution in [-0.2, 0) is 20.6 Å². The first-order valence-corrected chi connectivity index (χ1v) is 13.2.